The molecule has 4 heteroatoms. The van der Waals surface area contributed by atoms with Crippen molar-refractivity contribution in [3.05, 3.63) is 83.4 Å². The molecule has 3 aromatic rings. The summed E-state index contributed by atoms with van der Waals surface area (Å²) >= 11 is 5.86. The molecule has 0 amide bonds. The standard InChI is InChI=1S/C17H13ClN2O/c18-16-7-5-14(6-8-16)17(21)13-3-1-12(2-4-13)15-9-19-11-20-10-15/h1-11,17,21H. The first kappa shape index (κ1) is 13.7. The predicted octanol–water partition coefficient (Wildman–Crippen LogP) is 3.88. The van der Waals surface area contributed by atoms with Gasteiger partial charge in [-0.15, -0.1) is 0 Å². The summed E-state index contributed by atoms with van der Waals surface area (Å²) in [6, 6.07) is 14.9. The summed E-state index contributed by atoms with van der Waals surface area (Å²) < 4.78 is 0. The molecule has 1 N–H and O–H groups in total. The smallest absolute Gasteiger partial charge is 0.115 e. The minimum atomic E-state index is -0.664. The van der Waals surface area contributed by atoms with Crippen LogP contribution in [0.15, 0.2) is 67.3 Å². The van der Waals surface area contributed by atoms with Crippen LogP contribution in [-0.4, -0.2) is 15.1 Å². The van der Waals surface area contributed by atoms with Crippen LogP contribution < -0.4 is 0 Å². The number of halogens is 1. The Bertz CT molecular complexity index is 712. The molecular weight excluding hydrogens is 284 g/mol. The van der Waals surface area contributed by atoms with Gasteiger partial charge in [-0.05, 0) is 28.8 Å². The van der Waals surface area contributed by atoms with Gasteiger partial charge in [-0.3, -0.25) is 0 Å². The molecule has 21 heavy (non-hydrogen) atoms. The van der Waals surface area contributed by atoms with Gasteiger partial charge in [-0.1, -0.05) is 48.0 Å². The normalized spacial score (nSPS) is 12.1. The third-order valence-electron chi connectivity index (χ3n) is 3.31. The molecule has 104 valence electrons. The second kappa shape index (κ2) is 6.04. The summed E-state index contributed by atoms with van der Waals surface area (Å²) in [6.07, 6.45) is 4.36. The quantitative estimate of drug-likeness (QED) is 0.798. The molecule has 0 spiro atoms. The van der Waals surface area contributed by atoms with Crippen LogP contribution in [-0.2, 0) is 0 Å². The lowest BCUT2D eigenvalue weighted by molar-refractivity contribution is 0.220. The molecule has 1 atom stereocenters. The maximum atomic E-state index is 10.4. The second-order valence-corrected chi connectivity index (χ2v) is 5.14. The lowest BCUT2D eigenvalue weighted by atomic mass is 9.99. The van der Waals surface area contributed by atoms with E-state index >= 15 is 0 Å². The lowest BCUT2D eigenvalue weighted by Gasteiger charge is -2.12. The van der Waals surface area contributed by atoms with E-state index in [4.69, 9.17) is 11.6 Å². The molecule has 3 nitrogen and oxygen atoms in total. The van der Waals surface area contributed by atoms with Crippen LogP contribution in [0.3, 0.4) is 0 Å². The Morgan fingerprint density at radius 2 is 1.29 bits per heavy atom. The topological polar surface area (TPSA) is 46.0 Å². The highest BCUT2D eigenvalue weighted by Gasteiger charge is 2.10. The maximum absolute atomic E-state index is 10.4. The average Bonchev–Trinajstić information content (AvgIpc) is 2.56. The first-order valence-corrected chi connectivity index (χ1v) is 6.91. The molecule has 0 radical (unpaired) electrons. The highest BCUT2D eigenvalue weighted by molar-refractivity contribution is 6.30. The van der Waals surface area contributed by atoms with E-state index in [0.29, 0.717) is 5.02 Å². The number of rotatable bonds is 3. The highest BCUT2D eigenvalue weighted by atomic mass is 35.5. The van der Waals surface area contributed by atoms with Gasteiger partial charge < -0.3 is 5.11 Å². The van der Waals surface area contributed by atoms with E-state index in [0.717, 1.165) is 22.3 Å². The third-order valence-corrected chi connectivity index (χ3v) is 3.56. The molecular formula is C17H13ClN2O. The molecule has 0 aliphatic carbocycles. The van der Waals surface area contributed by atoms with Crippen LogP contribution in [0.2, 0.25) is 5.02 Å². The van der Waals surface area contributed by atoms with Crippen LogP contribution in [0.4, 0.5) is 0 Å². The Hall–Kier alpha value is -2.23. The summed E-state index contributed by atoms with van der Waals surface area (Å²) in [7, 11) is 0. The zero-order valence-electron chi connectivity index (χ0n) is 11.1. The van der Waals surface area contributed by atoms with Crippen molar-refractivity contribution < 1.29 is 5.11 Å². The molecule has 0 saturated heterocycles. The fourth-order valence-corrected chi connectivity index (χ4v) is 2.27. The van der Waals surface area contributed by atoms with Gasteiger partial charge in [0.25, 0.3) is 0 Å². The van der Waals surface area contributed by atoms with Crippen LogP contribution in [0.1, 0.15) is 17.2 Å². The Morgan fingerprint density at radius 3 is 1.86 bits per heavy atom. The Kier molecular flexibility index (Phi) is 3.95. The van der Waals surface area contributed by atoms with E-state index in [1.165, 1.54) is 6.33 Å². The molecule has 1 aromatic heterocycles. The van der Waals surface area contributed by atoms with Crippen molar-refractivity contribution in [3.63, 3.8) is 0 Å². The van der Waals surface area contributed by atoms with Crippen molar-refractivity contribution in [3.8, 4) is 11.1 Å². The Labute approximate surface area is 127 Å². The van der Waals surface area contributed by atoms with E-state index in [9.17, 15) is 5.11 Å². The fraction of sp³-hybridized carbons (Fsp3) is 0.0588. The van der Waals surface area contributed by atoms with Crippen molar-refractivity contribution in [2.24, 2.45) is 0 Å². The van der Waals surface area contributed by atoms with Gasteiger partial charge in [0.2, 0.25) is 0 Å². The van der Waals surface area contributed by atoms with Crippen molar-refractivity contribution in [1.29, 1.82) is 0 Å². The third kappa shape index (κ3) is 3.10. The zero-order valence-corrected chi connectivity index (χ0v) is 11.9. The number of hydrogen-bond donors (Lipinski definition) is 1. The van der Waals surface area contributed by atoms with Crippen molar-refractivity contribution >= 4 is 11.6 Å². The Balaban J connectivity index is 1.85. The van der Waals surface area contributed by atoms with Crippen LogP contribution in [0.25, 0.3) is 11.1 Å². The Morgan fingerprint density at radius 1 is 0.762 bits per heavy atom. The SMILES string of the molecule is OC(c1ccc(Cl)cc1)c1ccc(-c2cncnc2)cc1. The predicted molar refractivity (Wildman–Crippen MR) is 83.0 cm³/mol. The van der Waals surface area contributed by atoms with E-state index in [-0.39, 0.29) is 0 Å². The molecule has 0 bridgehead atoms. The highest BCUT2D eigenvalue weighted by Crippen LogP contribution is 2.25. The van der Waals surface area contributed by atoms with Crippen molar-refractivity contribution in [2.75, 3.05) is 0 Å². The number of nitrogens with zero attached hydrogens (tertiary/aromatic N) is 2. The monoisotopic (exact) mass is 296 g/mol. The van der Waals surface area contributed by atoms with Gasteiger partial charge >= 0.3 is 0 Å². The summed E-state index contributed by atoms with van der Waals surface area (Å²) in [5.41, 5.74) is 3.61. The number of aliphatic hydroxyl groups is 1. The molecule has 1 heterocycles. The van der Waals surface area contributed by atoms with Gasteiger partial charge in [0.1, 0.15) is 12.4 Å². The molecule has 0 aliphatic heterocycles. The molecule has 0 saturated carbocycles. The van der Waals surface area contributed by atoms with Crippen LogP contribution in [0, 0.1) is 0 Å². The van der Waals surface area contributed by atoms with Gasteiger partial charge in [0, 0.05) is 23.0 Å². The first-order valence-electron chi connectivity index (χ1n) is 6.53. The number of hydrogen-bond acceptors (Lipinski definition) is 3. The van der Waals surface area contributed by atoms with Gasteiger partial charge in [0.15, 0.2) is 0 Å². The first-order chi connectivity index (χ1) is 10.2. The lowest BCUT2D eigenvalue weighted by Crippen LogP contribution is -1.99. The minimum Gasteiger partial charge on any atom is -0.384 e. The number of aliphatic hydroxyl groups excluding tert-OH is 1. The average molecular weight is 297 g/mol. The summed E-state index contributed by atoms with van der Waals surface area (Å²) in [4.78, 5) is 8.00. The summed E-state index contributed by atoms with van der Waals surface area (Å²) in [6.45, 7) is 0. The molecule has 0 fully saturated rings. The molecule has 1 unspecified atom stereocenters. The van der Waals surface area contributed by atoms with Crippen molar-refractivity contribution in [2.45, 2.75) is 6.10 Å². The van der Waals surface area contributed by atoms with Gasteiger partial charge in [-0.25, -0.2) is 9.97 Å². The number of benzene rings is 2. The van der Waals surface area contributed by atoms with Crippen LogP contribution in [0.5, 0.6) is 0 Å². The largest absolute Gasteiger partial charge is 0.384 e. The fourth-order valence-electron chi connectivity index (χ4n) is 2.14. The van der Waals surface area contributed by atoms with E-state index in [2.05, 4.69) is 9.97 Å². The van der Waals surface area contributed by atoms with E-state index < -0.39 is 6.10 Å². The second-order valence-electron chi connectivity index (χ2n) is 4.70. The summed E-state index contributed by atoms with van der Waals surface area (Å²) in [5, 5.41) is 11.0. The number of aromatic nitrogens is 2. The zero-order chi connectivity index (χ0) is 14.7. The molecule has 0 aliphatic rings. The minimum absolute atomic E-state index is 0.658. The van der Waals surface area contributed by atoms with Crippen LogP contribution >= 0.6 is 11.6 Å². The van der Waals surface area contributed by atoms with E-state index in [1.807, 2.05) is 36.4 Å². The summed E-state index contributed by atoms with van der Waals surface area (Å²) in [5.74, 6) is 0. The van der Waals surface area contributed by atoms with Gasteiger partial charge in [-0.2, -0.15) is 0 Å². The van der Waals surface area contributed by atoms with E-state index in [1.54, 1.807) is 24.5 Å². The maximum Gasteiger partial charge on any atom is 0.115 e. The van der Waals surface area contributed by atoms with Gasteiger partial charge in [0.05, 0.1) is 0 Å². The molecule has 3 rings (SSSR count). The van der Waals surface area contributed by atoms with Crippen molar-refractivity contribution in [1.82, 2.24) is 9.97 Å². The molecule has 2 aromatic carbocycles.